The SMILES string of the molecule is Cc1c(N2CCC[C@H]2CO[C@@H]2CCC[C@@H](C(=O)N3CCN(c4ccc(C#N)cn4)CC3)C2)cn[nH]c1=O. The highest BCUT2D eigenvalue weighted by molar-refractivity contribution is 5.79. The zero-order valence-corrected chi connectivity index (χ0v) is 21.4. The summed E-state index contributed by atoms with van der Waals surface area (Å²) in [6.07, 6.45) is 9.20. The Labute approximate surface area is 217 Å². The topological polar surface area (TPSA) is 118 Å². The molecule has 10 heteroatoms. The molecule has 2 aromatic rings. The number of hydrogen-bond donors (Lipinski definition) is 1. The first-order valence-corrected chi connectivity index (χ1v) is 13.4. The van der Waals surface area contributed by atoms with Crippen LogP contribution < -0.4 is 15.4 Å². The summed E-state index contributed by atoms with van der Waals surface area (Å²) in [7, 11) is 0. The summed E-state index contributed by atoms with van der Waals surface area (Å²) in [4.78, 5) is 36.2. The molecule has 3 fully saturated rings. The van der Waals surface area contributed by atoms with E-state index in [1.807, 2.05) is 17.9 Å². The average Bonchev–Trinajstić information content (AvgIpc) is 3.42. The Morgan fingerprint density at radius 1 is 1.14 bits per heavy atom. The number of carbonyl (C=O) groups excluding carboxylic acids is 1. The Bertz CT molecular complexity index is 1180. The maximum atomic E-state index is 13.3. The van der Waals surface area contributed by atoms with Crippen LogP contribution in [0.1, 0.15) is 49.7 Å². The summed E-state index contributed by atoms with van der Waals surface area (Å²) in [6, 6.07) is 5.98. The smallest absolute Gasteiger partial charge is 0.269 e. The molecule has 0 unspecified atom stereocenters. The lowest BCUT2D eigenvalue weighted by Gasteiger charge is -2.38. The van der Waals surface area contributed by atoms with Gasteiger partial charge in [-0.1, -0.05) is 6.42 Å². The number of aromatic amines is 1. The van der Waals surface area contributed by atoms with Gasteiger partial charge in [0.05, 0.1) is 36.2 Å². The molecule has 2 saturated heterocycles. The molecule has 5 rings (SSSR count). The standard InChI is InChI=1S/C27H35N7O3/c1-19-24(17-30-31-26(19)35)34-9-3-5-22(34)18-37-23-6-2-4-21(14-23)27(36)33-12-10-32(11-13-33)25-8-7-20(15-28)16-29-25/h7-8,16-17,21-23H,2-6,9-14,18H2,1H3,(H,31,35)/t21-,22+,23-/m1/s1. The Hall–Kier alpha value is -3.45. The van der Waals surface area contributed by atoms with E-state index in [1.165, 1.54) is 0 Å². The molecule has 37 heavy (non-hydrogen) atoms. The van der Waals surface area contributed by atoms with Crippen LogP contribution in [0.2, 0.25) is 0 Å². The third-order valence-corrected chi connectivity index (χ3v) is 8.06. The van der Waals surface area contributed by atoms with E-state index in [9.17, 15) is 9.59 Å². The first-order valence-electron chi connectivity index (χ1n) is 13.4. The third-order valence-electron chi connectivity index (χ3n) is 8.06. The van der Waals surface area contributed by atoms with Crippen molar-refractivity contribution in [1.82, 2.24) is 20.1 Å². The van der Waals surface area contributed by atoms with Crippen molar-refractivity contribution in [2.45, 2.75) is 57.6 Å². The largest absolute Gasteiger partial charge is 0.376 e. The number of ether oxygens (including phenoxy) is 1. The minimum absolute atomic E-state index is 0.0112. The third kappa shape index (κ3) is 5.62. The lowest BCUT2D eigenvalue weighted by atomic mass is 9.86. The number of nitriles is 1. The number of nitrogens with zero attached hydrogens (tertiary/aromatic N) is 6. The summed E-state index contributed by atoms with van der Waals surface area (Å²) in [5, 5.41) is 15.5. The number of aromatic nitrogens is 3. The van der Waals surface area contributed by atoms with Crippen molar-refractivity contribution in [3.63, 3.8) is 0 Å². The van der Waals surface area contributed by atoms with Crippen molar-refractivity contribution in [2.24, 2.45) is 5.92 Å². The Morgan fingerprint density at radius 2 is 1.97 bits per heavy atom. The van der Waals surface area contributed by atoms with Crippen molar-refractivity contribution >= 4 is 17.4 Å². The van der Waals surface area contributed by atoms with Crippen molar-refractivity contribution < 1.29 is 9.53 Å². The molecule has 4 heterocycles. The highest BCUT2D eigenvalue weighted by Crippen LogP contribution is 2.31. The predicted molar refractivity (Wildman–Crippen MR) is 139 cm³/mol. The molecular weight excluding hydrogens is 470 g/mol. The summed E-state index contributed by atoms with van der Waals surface area (Å²) in [6.45, 7) is 6.19. The molecule has 3 aliphatic rings. The second-order valence-electron chi connectivity index (χ2n) is 10.3. The Balaban J connectivity index is 1.12. The number of piperazine rings is 1. The number of amides is 1. The monoisotopic (exact) mass is 505 g/mol. The number of anilines is 2. The van der Waals surface area contributed by atoms with Crippen LogP contribution in [0.5, 0.6) is 0 Å². The van der Waals surface area contributed by atoms with Gasteiger partial charge < -0.3 is 19.4 Å². The number of pyridine rings is 1. The molecule has 2 aliphatic heterocycles. The first-order chi connectivity index (χ1) is 18.0. The van der Waals surface area contributed by atoms with E-state index in [0.717, 1.165) is 69.7 Å². The normalized spacial score (nSPS) is 24.2. The van der Waals surface area contributed by atoms with E-state index >= 15 is 0 Å². The molecule has 0 radical (unpaired) electrons. The van der Waals surface area contributed by atoms with Crippen molar-refractivity contribution in [3.05, 3.63) is 46.0 Å². The van der Waals surface area contributed by atoms with Gasteiger partial charge in [-0.3, -0.25) is 9.59 Å². The molecule has 10 nitrogen and oxygen atoms in total. The molecule has 0 bridgehead atoms. The van der Waals surface area contributed by atoms with Crippen LogP contribution in [0.15, 0.2) is 29.3 Å². The quantitative estimate of drug-likeness (QED) is 0.635. The molecular formula is C27H35N7O3. The minimum Gasteiger partial charge on any atom is -0.376 e. The summed E-state index contributed by atoms with van der Waals surface area (Å²) in [5.74, 6) is 1.11. The number of hydrogen-bond acceptors (Lipinski definition) is 8. The van der Waals surface area contributed by atoms with Crippen LogP contribution >= 0.6 is 0 Å². The van der Waals surface area contributed by atoms with Crippen molar-refractivity contribution in [2.75, 3.05) is 49.1 Å². The van der Waals surface area contributed by atoms with Gasteiger partial charge in [-0.25, -0.2) is 10.1 Å². The molecule has 1 saturated carbocycles. The minimum atomic E-state index is -0.147. The zero-order valence-electron chi connectivity index (χ0n) is 21.4. The first kappa shape index (κ1) is 25.2. The maximum Gasteiger partial charge on any atom is 0.269 e. The summed E-state index contributed by atoms with van der Waals surface area (Å²) in [5.41, 5.74) is 1.99. The number of nitrogens with one attached hydrogen (secondary N) is 1. The van der Waals surface area contributed by atoms with Crippen LogP contribution in [0, 0.1) is 24.2 Å². The maximum absolute atomic E-state index is 13.3. The Kier molecular flexibility index (Phi) is 7.70. The van der Waals surface area contributed by atoms with Gasteiger partial charge >= 0.3 is 0 Å². The van der Waals surface area contributed by atoms with Gasteiger partial charge in [0.25, 0.3) is 5.56 Å². The van der Waals surface area contributed by atoms with Gasteiger partial charge in [0, 0.05) is 50.4 Å². The van der Waals surface area contributed by atoms with E-state index in [4.69, 9.17) is 10.00 Å². The molecule has 1 amide bonds. The summed E-state index contributed by atoms with van der Waals surface area (Å²) >= 11 is 0. The molecule has 1 aliphatic carbocycles. The van der Waals surface area contributed by atoms with Gasteiger partial charge in [-0.2, -0.15) is 10.4 Å². The Morgan fingerprint density at radius 3 is 2.73 bits per heavy atom. The van der Waals surface area contributed by atoms with Gasteiger partial charge in [-0.05, 0) is 51.2 Å². The van der Waals surface area contributed by atoms with E-state index < -0.39 is 0 Å². The number of carbonyl (C=O) groups is 1. The van der Waals surface area contributed by atoms with E-state index in [-0.39, 0.29) is 29.5 Å². The molecule has 2 aromatic heterocycles. The molecule has 3 atom stereocenters. The van der Waals surface area contributed by atoms with Crippen LogP contribution in [-0.4, -0.2) is 77.5 Å². The average molecular weight is 506 g/mol. The number of H-pyrrole nitrogens is 1. The fraction of sp³-hybridized carbons (Fsp3) is 0.593. The van der Waals surface area contributed by atoms with Crippen LogP contribution in [0.4, 0.5) is 11.5 Å². The van der Waals surface area contributed by atoms with E-state index in [2.05, 4.69) is 31.1 Å². The van der Waals surface area contributed by atoms with Crippen LogP contribution in [-0.2, 0) is 9.53 Å². The zero-order chi connectivity index (χ0) is 25.8. The highest BCUT2D eigenvalue weighted by atomic mass is 16.5. The fourth-order valence-corrected chi connectivity index (χ4v) is 5.89. The fourth-order valence-electron chi connectivity index (χ4n) is 5.89. The second kappa shape index (κ2) is 11.3. The van der Waals surface area contributed by atoms with Gasteiger partial charge in [0.2, 0.25) is 5.91 Å². The second-order valence-corrected chi connectivity index (χ2v) is 10.3. The van der Waals surface area contributed by atoms with Gasteiger partial charge in [0.15, 0.2) is 0 Å². The van der Waals surface area contributed by atoms with Gasteiger partial charge in [0.1, 0.15) is 11.9 Å². The van der Waals surface area contributed by atoms with Crippen molar-refractivity contribution in [1.29, 1.82) is 5.26 Å². The molecule has 0 aromatic carbocycles. The number of rotatable bonds is 6. The molecule has 0 spiro atoms. The highest BCUT2D eigenvalue weighted by Gasteiger charge is 2.34. The lowest BCUT2D eigenvalue weighted by Crippen LogP contribution is -2.51. The van der Waals surface area contributed by atoms with Crippen molar-refractivity contribution in [3.8, 4) is 6.07 Å². The van der Waals surface area contributed by atoms with E-state index in [0.29, 0.717) is 30.8 Å². The van der Waals surface area contributed by atoms with E-state index in [1.54, 1.807) is 18.5 Å². The van der Waals surface area contributed by atoms with Crippen LogP contribution in [0.3, 0.4) is 0 Å². The molecule has 196 valence electrons. The summed E-state index contributed by atoms with van der Waals surface area (Å²) < 4.78 is 6.39. The lowest BCUT2D eigenvalue weighted by molar-refractivity contribution is -0.139. The predicted octanol–water partition coefficient (Wildman–Crippen LogP) is 2.24. The van der Waals surface area contributed by atoms with Gasteiger partial charge in [-0.15, -0.1) is 0 Å². The van der Waals surface area contributed by atoms with Crippen LogP contribution in [0.25, 0.3) is 0 Å². The molecule has 1 N–H and O–H groups in total.